The normalized spacial score (nSPS) is 9.95. The van der Waals surface area contributed by atoms with E-state index in [0.29, 0.717) is 15.8 Å². The summed E-state index contributed by atoms with van der Waals surface area (Å²) in [5.41, 5.74) is 1.22. The molecule has 1 aromatic heterocycles. The molecule has 22 heavy (non-hydrogen) atoms. The molecular formula is C14H11BrClN3O3. The van der Waals surface area contributed by atoms with Crippen molar-refractivity contribution in [2.24, 2.45) is 0 Å². The molecule has 0 spiro atoms. The summed E-state index contributed by atoms with van der Waals surface area (Å²) in [6.07, 6.45) is 0.905. The molecule has 0 saturated carbocycles. The summed E-state index contributed by atoms with van der Waals surface area (Å²) >= 11 is 9.14. The van der Waals surface area contributed by atoms with Gasteiger partial charge in [0.15, 0.2) is 0 Å². The summed E-state index contributed by atoms with van der Waals surface area (Å²) in [4.78, 5) is 27.3. The number of halogens is 2. The highest BCUT2D eigenvalue weighted by atomic mass is 79.9. The minimum atomic E-state index is -0.595. The highest BCUT2D eigenvalue weighted by Crippen LogP contribution is 2.21. The fourth-order valence-electron chi connectivity index (χ4n) is 1.62. The molecule has 0 unspecified atom stereocenters. The number of anilines is 2. The average Bonchev–Trinajstić information content (AvgIpc) is 2.49. The number of hydrogen-bond donors (Lipinski definition) is 2. The fraction of sp³-hybridized carbons (Fsp3) is 0.0714. The number of benzene rings is 1. The van der Waals surface area contributed by atoms with E-state index < -0.39 is 12.0 Å². The Morgan fingerprint density at radius 2 is 1.91 bits per heavy atom. The lowest BCUT2D eigenvalue weighted by Crippen LogP contribution is -2.14. The number of amides is 2. The van der Waals surface area contributed by atoms with Gasteiger partial charge in [-0.1, -0.05) is 17.7 Å². The number of rotatable bonds is 3. The molecule has 2 rings (SSSR count). The lowest BCUT2D eigenvalue weighted by molar-refractivity contribution is 0.102. The first-order chi connectivity index (χ1) is 10.5. The summed E-state index contributed by atoms with van der Waals surface area (Å²) in [7, 11) is 1.27. The van der Waals surface area contributed by atoms with Crippen LogP contribution in [0.4, 0.5) is 16.2 Å². The first-order valence-electron chi connectivity index (χ1n) is 6.07. The third-order valence-electron chi connectivity index (χ3n) is 2.60. The van der Waals surface area contributed by atoms with E-state index in [1.165, 1.54) is 13.3 Å². The zero-order valence-corrected chi connectivity index (χ0v) is 13.7. The molecule has 1 aromatic carbocycles. The van der Waals surface area contributed by atoms with Crippen molar-refractivity contribution in [1.82, 2.24) is 4.98 Å². The number of nitrogens with one attached hydrogen (secondary N) is 2. The minimum absolute atomic E-state index is 0.101. The van der Waals surface area contributed by atoms with Crippen molar-refractivity contribution in [3.63, 3.8) is 0 Å². The molecular weight excluding hydrogens is 374 g/mol. The molecule has 0 saturated heterocycles. The van der Waals surface area contributed by atoms with E-state index in [0.717, 1.165) is 0 Å². The molecule has 8 heteroatoms. The van der Waals surface area contributed by atoms with Gasteiger partial charge in [-0.25, -0.2) is 9.78 Å². The molecule has 0 bridgehead atoms. The van der Waals surface area contributed by atoms with Crippen molar-refractivity contribution in [2.45, 2.75) is 0 Å². The number of aromatic nitrogens is 1. The van der Waals surface area contributed by atoms with Crippen LogP contribution >= 0.6 is 27.5 Å². The number of carbonyl (C=O) groups is 2. The third-order valence-corrected chi connectivity index (χ3v) is 3.34. The lowest BCUT2D eigenvalue weighted by atomic mass is 10.2. The number of carbonyl (C=O) groups excluding carboxylic acids is 2. The quantitative estimate of drug-likeness (QED) is 0.786. The van der Waals surface area contributed by atoms with Gasteiger partial charge in [0.2, 0.25) is 0 Å². The molecule has 0 fully saturated rings. The van der Waals surface area contributed by atoms with Gasteiger partial charge >= 0.3 is 6.09 Å². The maximum absolute atomic E-state index is 12.2. The van der Waals surface area contributed by atoms with Gasteiger partial charge in [-0.3, -0.25) is 10.1 Å². The Kier molecular flexibility index (Phi) is 5.35. The maximum atomic E-state index is 12.2. The van der Waals surface area contributed by atoms with Crippen LogP contribution in [0.5, 0.6) is 0 Å². The molecule has 2 aromatic rings. The number of pyridine rings is 1. The second-order valence-electron chi connectivity index (χ2n) is 4.14. The van der Waals surface area contributed by atoms with Gasteiger partial charge < -0.3 is 10.1 Å². The molecule has 1 heterocycles. The molecule has 0 aliphatic heterocycles. The van der Waals surface area contributed by atoms with Gasteiger partial charge in [0.1, 0.15) is 5.15 Å². The van der Waals surface area contributed by atoms with Gasteiger partial charge in [-0.05, 0) is 40.2 Å². The molecule has 6 nitrogen and oxygen atoms in total. The SMILES string of the molecule is COC(=O)Nc1cccc(NC(=O)c2cc(Br)cnc2Cl)c1. The van der Waals surface area contributed by atoms with Crippen molar-refractivity contribution in [1.29, 1.82) is 0 Å². The van der Waals surface area contributed by atoms with Crippen LogP contribution in [0.1, 0.15) is 10.4 Å². The topological polar surface area (TPSA) is 80.3 Å². The van der Waals surface area contributed by atoms with E-state index in [4.69, 9.17) is 11.6 Å². The van der Waals surface area contributed by atoms with E-state index in [-0.39, 0.29) is 10.7 Å². The van der Waals surface area contributed by atoms with Crippen molar-refractivity contribution in [2.75, 3.05) is 17.7 Å². The molecule has 0 aliphatic carbocycles. The van der Waals surface area contributed by atoms with E-state index in [9.17, 15) is 9.59 Å². The van der Waals surface area contributed by atoms with Crippen LogP contribution in [0, 0.1) is 0 Å². The zero-order valence-electron chi connectivity index (χ0n) is 11.4. The number of methoxy groups -OCH3 is 1. The summed E-state index contributed by atoms with van der Waals surface area (Å²) < 4.78 is 5.15. The van der Waals surface area contributed by atoms with E-state index in [1.54, 1.807) is 30.3 Å². The highest BCUT2D eigenvalue weighted by Gasteiger charge is 2.13. The van der Waals surface area contributed by atoms with Gasteiger partial charge in [0.05, 0.1) is 12.7 Å². The molecule has 114 valence electrons. The Labute approximate surface area is 140 Å². The molecule has 2 amide bonds. The van der Waals surface area contributed by atoms with Crippen molar-refractivity contribution >= 4 is 50.9 Å². The van der Waals surface area contributed by atoms with Crippen LogP contribution in [-0.4, -0.2) is 24.1 Å². The van der Waals surface area contributed by atoms with Crippen LogP contribution < -0.4 is 10.6 Å². The van der Waals surface area contributed by atoms with Gasteiger partial charge in [0, 0.05) is 22.0 Å². The predicted octanol–water partition coefficient (Wildman–Crippen LogP) is 3.93. The van der Waals surface area contributed by atoms with Crippen LogP contribution in [0.25, 0.3) is 0 Å². The Bertz CT molecular complexity index is 724. The second kappa shape index (κ2) is 7.24. The molecule has 0 radical (unpaired) electrons. The summed E-state index contributed by atoms with van der Waals surface area (Å²) in [6, 6.07) is 8.19. The predicted molar refractivity (Wildman–Crippen MR) is 87.4 cm³/mol. The molecule has 2 N–H and O–H groups in total. The standard InChI is InChI=1S/C14H11BrClN3O3/c1-22-14(21)19-10-4-2-3-9(6-10)18-13(20)11-5-8(15)7-17-12(11)16/h2-7H,1H3,(H,18,20)(H,19,21). The molecule has 0 aliphatic rings. The van der Waals surface area contributed by atoms with E-state index >= 15 is 0 Å². The Morgan fingerprint density at radius 3 is 2.59 bits per heavy atom. The monoisotopic (exact) mass is 383 g/mol. The van der Waals surface area contributed by atoms with Crippen molar-refractivity contribution in [3.8, 4) is 0 Å². The third kappa shape index (κ3) is 4.19. The Balaban J connectivity index is 2.16. The van der Waals surface area contributed by atoms with E-state index in [2.05, 4.69) is 36.3 Å². The lowest BCUT2D eigenvalue weighted by Gasteiger charge is -2.09. The smallest absolute Gasteiger partial charge is 0.411 e. The number of nitrogens with zero attached hydrogens (tertiary/aromatic N) is 1. The van der Waals surface area contributed by atoms with Crippen LogP contribution in [0.3, 0.4) is 0 Å². The van der Waals surface area contributed by atoms with Crippen molar-refractivity contribution in [3.05, 3.63) is 51.7 Å². The van der Waals surface area contributed by atoms with Crippen LogP contribution in [-0.2, 0) is 4.74 Å². The van der Waals surface area contributed by atoms with Gasteiger partial charge in [-0.2, -0.15) is 0 Å². The number of hydrogen-bond acceptors (Lipinski definition) is 4. The average molecular weight is 385 g/mol. The summed E-state index contributed by atoms with van der Waals surface area (Å²) in [5, 5.41) is 5.29. The largest absolute Gasteiger partial charge is 0.453 e. The maximum Gasteiger partial charge on any atom is 0.411 e. The fourth-order valence-corrected chi connectivity index (χ4v) is 2.14. The highest BCUT2D eigenvalue weighted by molar-refractivity contribution is 9.10. The van der Waals surface area contributed by atoms with Crippen LogP contribution in [0.2, 0.25) is 5.15 Å². The summed E-state index contributed by atoms with van der Waals surface area (Å²) in [5.74, 6) is -0.408. The first-order valence-corrected chi connectivity index (χ1v) is 7.24. The van der Waals surface area contributed by atoms with Crippen molar-refractivity contribution < 1.29 is 14.3 Å². The Hall–Kier alpha value is -2.12. The molecule has 0 atom stereocenters. The Morgan fingerprint density at radius 1 is 1.23 bits per heavy atom. The van der Waals surface area contributed by atoms with Gasteiger partial charge in [0.25, 0.3) is 5.91 Å². The number of ether oxygens (including phenoxy) is 1. The van der Waals surface area contributed by atoms with Crippen LogP contribution in [0.15, 0.2) is 41.0 Å². The second-order valence-corrected chi connectivity index (χ2v) is 5.42. The first kappa shape index (κ1) is 16.3. The van der Waals surface area contributed by atoms with E-state index in [1.807, 2.05) is 0 Å². The minimum Gasteiger partial charge on any atom is -0.453 e. The van der Waals surface area contributed by atoms with Gasteiger partial charge in [-0.15, -0.1) is 0 Å². The summed E-state index contributed by atoms with van der Waals surface area (Å²) in [6.45, 7) is 0. The zero-order chi connectivity index (χ0) is 16.1.